The number of benzene rings is 3. The molecule has 1 aliphatic rings. The second-order valence-electron chi connectivity index (χ2n) is 9.88. The van der Waals surface area contributed by atoms with Gasteiger partial charge in [0.25, 0.3) is 5.56 Å². The minimum Gasteiger partial charge on any atom is -0.497 e. The van der Waals surface area contributed by atoms with E-state index >= 15 is 0 Å². The van der Waals surface area contributed by atoms with Crippen molar-refractivity contribution in [3.63, 3.8) is 0 Å². The molecule has 0 fully saturated rings. The molecular formula is C33H28ClN3O4S. The Morgan fingerprint density at radius 3 is 2.55 bits per heavy atom. The van der Waals surface area contributed by atoms with E-state index in [0.717, 1.165) is 27.7 Å². The third-order valence-corrected chi connectivity index (χ3v) is 8.71. The van der Waals surface area contributed by atoms with Gasteiger partial charge >= 0.3 is 5.97 Å². The van der Waals surface area contributed by atoms with Gasteiger partial charge in [-0.2, -0.15) is 0 Å². The molecule has 9 heteroatoms. The van der Waals surface area contributed by atoms with Crippen molar-refractivity contribution >= 4 is 45.9 Å². The Morgan fingerprint density at radius 2 is 1.81 bits per heavy atom. The maximum Gasteiger partial charge on any atom is 0.338 e. The van der Waals surface area contributed by atoms with Gasteiger partial charge in [-0.15, -0.1) is 0 Å². The molecule has 0 bridgehead atoms. The molecule has 42 heavy (non-hydrogen) atoms. The number of carbonyl (C=O) groups is 1. The molecule has 7 nitrogen and oxygen atoms in total. The summed E-state index contributed by atoms with van der Waals surface area (Å²) in [5.41, 5.74) is 4.27. The second kappa shape index (κ2) is 11.5. The van der Waals surface area contributed by atoms with Crippen LogP contribution < -0.4 is 19.6 Å². The number of carbonyl (C=O) groups excluding carboxylic acids is 1. The van der Waals surface area contributed by atoms with Crippen molar-refractivity contribution in [2.45, 2.75) is 26.4 Å². The summed E-state index contributed by atoms with van der Waals surface area (Å²) in [7, 11) is 1.59. The van der Waals surface area contributed by atoms with E-state index in [1.807, 2.05) is 66.7 Å². The van der Waals surface area contributed by atoms with Crippen molar-refractivity contribution < 1.29 is 14.3 Å². The summed E-state index contributed by atoms with van der Waals surface area (Å²) in [6.07, 6.45) is 1.90. The van der Waals surface area contributed by atoms with E-state index in [2.05, 4.69) is 22.8 Å². The molecule has 0 unspecified atom stereocenters. The lowest BCUT2D eigenvalue weighted by molar-refractivity contribution is -0.139. The highest BCUT2D eigenvalue weighted by atomic mass is 35.5. The molecule has 1 atom stereocenters. The first-order chi connectivity index (χ1) is 20.4. The van der Waals surface area contributed by atoms with E-state index in [-0.39, 0.29) is 12.2 Å². The lowest BCUT2D eigenvalue weighted by Gasteiger charge is -2.24. The number of aromatic nitrogens is 2. The van der Waals surface area contributed by atoms with Gasteiger partial charge in [-0.25, -0.2) is 9.79 Å². The van der Waals surface area contributed by atoms with Gasteiger partial charge in [0.1, 0.15) is 5.75 Å². The molecule has 0 saturated carbocycles. The smallest absolute Gasteiger partial charge is 0.338 e. The van der Waals surface area contributed by atoms with Crippen molar-refractivity contribution in [2.75, 3.05) is 13.7 Å². The molecule has 0 spiro atoms. The maximum absolute atomic E-state index is 14.1. The van der Waals surface area contributed by atoms with Crippen molar-refractivity contribution in [3.8, 4) is 5.75 Å². The predicted molar refractivity (Wildman–Crippen MR) is 166 cm³/mol. The van der Waals surface area contributed by atoms with Crippen LogP contribution in [0, 0.1) is 0 Å². The van der Waals surface area contributed by atoms with Crippen LogP contribution >= 0.6 is 22.9 Å². The van der Waals surface area contributed by atoms with Gasteiger partial charge in [0.15, 0.2) is 4.80 Å². The van der Waals surface area contributed by atoms with E-state index in [9.17, 15) is 9.59 Å². The van der Waals surface area contributed by atoms with Crippen molar-refractivity contribution in [3.05, 3.63) is 132 Å². The first-order valence-corrected chi connectivity index (χ1v) is 14.7. The lowest BCUT2D eigenvalue weighted by atomic mass is 9.96. The van der Waals surface area contributed by atoms with Crippen molar-refractivity contribution in [1.82, 2.24) is 9.13 Å². The van der Waals surface area contributed by atoms with Gasteiger partial charge in [-0.3, -0.25) is 9.36 Å². The van der Waals surface area contributed by atoms with Gasteiger partial charge in [0.05, 0.1) is 35.6 Å². The second-order valence-corrected chi connectivity index (χ2v) is 11.3. The number of allylic oxidation sites excluding steroid dienone is 1. The molecule has 2 aromatic heterocycles. The normalized spacial score (nSPS) is 15.0. The zero-order chi connectivity index (χ0) is 29.4. The highest BCUT2D eigenvalue weighted by Gasteiger charge is 2.33. The number of nitrogens with zero attached hydrogens (tertiary/aromatic N) is 3. The number of thiazole rings is 1. The number of hydrogen-bond acceptors (Lipinski definition) is 6. The van der Waals surface area contributed by atoms with Gasteiger partial charge < -0.3 is 14.0 Å². The number of halogens is 1. The fourth-order valence-electron chi connectivity index (χ4n) is 5.35. The first kappa shape index (κ1) is 27.8. The number of fused-ring (bicyclic) bond motifs is 2. The molecule has 0 radical (unpaired) electrons. The third kappa shape index (κ3) is 4.97. The Bertz CT molecular complexity index is 2040. The number of ether oxygens (including phenoxy) is 2. The van der Waals surface area contributed by atoms with E-state index in [1.54, 1.807) is 25.5 Å². The molecule has 0 amide bonds. The minimum atomic E-state index is -0.692. The molecule has 6 rings (SSSR count). The van der Waals surface area contributed by atoms with Crippen LogP contribution in [0.1, 0.15) is 36.7 Å². The Kier molecular flexibility index (Phi) is 7.58. The standard InChI is InChI=1S/C33H28ClN3O4S/c1-4-41-32(39)29-20(2)35-33-37(30(29)21-13-15-25(40-3)16-14-21)31(38)28(42-33)18-24-17-22-9-6-8-12-27(22)36(24)19-23-10-5-7-11-26(23)34/h5-18,30H,4,19H2,1-3H3/b28-18+/t30-/m1/s1. The van der Waals surface area contributed by atoms with Crippen LogP contribution in [0.3, 0.4) is 0 Å². The van der Waals surface area contributed by atoms with Crippen molar-refractivity contribution in [2.24, 2.45) is 4.99 Å². The van der Waals surface area contributed by atoms with E-state index in [0.29, 0.717) is 37.9 Å². The van der Waals surface area contributed by atoms with Gasteiger partial charge in [0, 0.05) is 28.2 Å². The van der Waals surface area contributed by atoms with E-state index in [4.69, 9.17) is 26.1 Å². The van der Waals surface area contributed by atoms with Crippen LogP contribution in [0.2, 0.25) is 5.02 Å². The summed E-state index contributed by atoms with van der Waals surface area (Å²) >= 11 is 7.83. The summed E-state index contributed by atoms with van der Waals surface area (Å²) in [4.78, 5) is 32.5. The zero-order valence-corrected chi connectivity index (χ0v) is 24.9. The SMILES string of the molecule is CCOC(=O)C1=C(C)N=c2s/c(=C/c3cc4ccccc4n3Cc3ccccc3Cl)c(=O)n2[C@@H]1c1ccc(OC)cc1. The van der Waals surface area contributed by atoms with Crippen LogP contribution in [0.15, 0.2) is 99.9 Å². The molecular weight excluding hydrogens is 570 g/mol. The van der Waals surface area contributed by atoms with Crippen LogP contribution in [0.5, 0.6) is 5.75 Å². The molecule has 212 valence electrons. The molecule has 0 saturated heterocycles. The number of para-hydroxylation sites is 1. The predicted octanol–water partition coefficient (Wildman–Crippen LogP) is 5.46. The topological polar surface area (TPSA) is 74.8 Å². The maximum atomic E-state index is 14.1. The molecule has 3 aromatic carbocycles. The summed E-state index contributed by atoms with van der Waals surface area (Å²) in [6.45, 7) is 4.29. The first-order valence-electron chi connectivity index (χ1n) is 13.5. The number of methoxy groups -OCH3 is 1. The number of esters is 1. The quantitative estimate of drug-likeness (QED) is 0.233. The van der Waals surface area contributed by atoms with Crippen LogP contribution in [-0.4, -0.2) is 28.8 Å². The lowest BCUT2D eigenvalue weighted by Crippen LogP contribution is -2.40. The minimum absolute atomic E-state index is 0.214. The Balaban J connectivity index is 1.54. The number of rotatable bonds is 7. The molecule has 3 heterocycles. The fraction of sp³-hybridized carbons (Fsp3) is 0.182. The number of hydrogen-bond donors (Lipinski definition) is 0. The Hall–Kier alpha value is -4.40. The average molecular weight is 598 g/mol. The Morgan fingerprint density at radius 1 is 1.07 bits per heavy atom. The monoisotopic (exact) mass is 597 g/mol. The van der Waals surface area contributed by atoms with Gasteiger partial charge in [-0.1, -0.05) is 71.5 Å². The van der Waals surface area contributed by atoms with Crippen molar-refractivity contribution in [1.29, 1.82) is 0 Å². The summed E-state index contributed by atoms with van der Waals surface area (Å²) in [5, 5.41) is 1.74. The summed E-state index contributed by atoms with van der Waals surface area (Å²) < 4.78 is 15.0. The highest BCUT2D eigenvalue weighted by Crippen LogP contribution is 2.32. The van der Waals surface area contributed by atoms with Gasteiger partial charge in [0.2, 0.25) is 0 Å². The fourth-order valence-corrected chi connectivity index (χ4v) is 6.58. The third-order valence-electron chi connectivity index (χ3n) is 7.36. The van der Waals surface area contributed by atoms with Crippen LogP contribution in [-0.2, 0) is 16.1 Å². The van der Waals surface area contributed by atoms with Crippen LogP contribution in [0.25, 0.3) is 17.0 Å². The molecule has 1 aliphatic heterocycles. The van der Waals surface area contributed by atoms with Crippen LogP contribution in [0.4, 0.5) is 0 Å². The van der Waals surface area contributed by atoms with Gasteiger partial charge in [-0.05, 0) is 61.4 Å². The summed E-state index contributed by atoms with van der Waals surface area (Å²) in [5.74, 6) is 0.185. The molecule has 0 aliphatic carbocycles. The average Bonchev–Trinajstić information content (AvgIpc) is 3.49. The molecule has 0 N–H and O–H groups in total. The Labute approximate surface area is 251 Å². The van der Waals surface area contributed by atoms with E-state index < -0.39 is 12.0 Å². The largest absolute Gasteiger partial charge is 0.497 e. The zero-order valence-electron chi connectivity index (χ0n) is 23.3. The highest BCUT2D eigenvalue weighted by molar-refractivity contribution is 7.07. The molecule has 5 aromatic rings. The van der Waals surface area contributed by atoms with E-state index in [1.165, 1.54) is 11.3 Å². The summed E-state index contributed by atoms with van der Waals surface area (Å²) in [6, 6.07) is 24.6.